The molecule has 0 spiro atoms. The predicted molar refractivity (Wildman–Crippen MR) is 131 cm³/mol. The lowest BCUT2D eigenvalue weighted by molar-refractivity contribution is -0.138. The van der Waals surface area contributed by atoms with Crippen LogP contribution in [0.3, 0.4) is 0 Å². The van der Waals surface area contributed by atoms with Gasteiger partial charge in [0.05, 0.1) is 13.2 Å². The molecule has 9 heteroatoms. The van der Waals surface area contributed by atoms with E-state index in [9.17, 15) is 22.7 Å². The quantitative estimate of drug-likeness (QED) is 0.651. The van der Waals surface area contributed by atoms with Crippen molar-refractivity contribution in [1.29, 1.82) is 0 Å². The molecule has 190 valence electrons. The van der Waals surface area contributed by atoms with Gasteiger partial charge in [-0.05, 0) is 55.2 Å². The third-order valence-corrected chi connectivity index (χ3v) is 9.15. The number of carbonyl (C=O) groups excluding carboxylic acids is 1. The summed E-state index contributed by atoms with van der Waals surface area (Å²) in [7, 11) is -2.20. The third-order valence-electron chi connectivity index (χ3n) is 7.13. The first-order valence-electron chi connectivity index (χ1n) is 12.1. The van der Waals surface area contributed by atoms with Crippen molar-refractivity contribution >= 4 is 15.9 Å². The molecule has 1 aliphatic heterocycles. The summed E-state index contributed by atoms with van der Waals surface area (Å²) in [5.41, 5.74) is 1.41. The van der Waals surface area contributed by atoms with E-state index in [1.807, 2.05) is 6.92 Å². The van der Waals surface area contributed by atoms with E-state index in [4.69, 9.17) is 4.74 Å². The summed E-state index contributed by atoms with van der Waals surface area (Å²) < 4.78 is 48.3. The van der Waals surface area contributed by atoms with E-state index in [1.165, 1.54) is 22.5 Å². The fourth-order valence-corrected chi connectivity index (χ4v) is 6.42. The van der Waals surface area contributed by atoms with Gasteiger partial charge in [0.2, 0.25) is 15.9 Å². The van der Waals surface area contributed by atoms with Crippen LogP contribution in [0.2, 0.25) is 0 Å². The molecule has 4 rings (SSSR count). The first-order valence-corrected chi connectivity index (χ1v) is 13.5. The van der Waals surface area contributed by atoms with Crippen LogP contribution in [0.4, 0.5) is 4.39 Å². The van der Waals surface area contributed by atoms with Crippen molar-refractivity contribution in [2.45, 2.75) is 50.2 Å². The van der Waals surface area contributed by atoms with Crippen LogP contribution in [-0.2, 0) is 14.8 Å². The number of nitrogens with zero attached hydrogens (tertiary/aromatic N) is 2. The number of fused-ring (bicyclic) bond motifs is 1. The summed E-state index contributed by atoms with van der Waals surface area (Å²) in [5.74, 6) is -0.295. The number of aliphatic hydroxyl groups excluding tert-OH is 1. The molecule has 0 bridgehead atoms. The van der Waals surface area contributed by atoms with Gasteiger partial charge in [0.25, 0.3) is 0 Å². The summed E-state index contributed by atoms with van der Waals surface area (Å²) >= 11 is 0. The van der Waals surface area contributed by atoms with Gasteiger partial charge in [0.1, 0.15) is 22.6 Å². The normalized spacial score (nSPS) is 23.2. The first-order chi connectivity index (χ1) is 16.6. The Morgan fingerprint density at radius 2 is 1.86 bits per heavy atom. The monoisotopic (exact) mass is 504 g/mol. The van der Waals surface area contributed by atoms with Crippen LogP contribution in [0.5, 0.6) is 5.75 Å². The van der Waals surface area contributed by atoms with Crippen LogP contribution in [0.15, 0.2) is 47.4 Å². The summed E-state index contributed by atoms with van der Waals surface area (Å²) in [5, 5.41) is 9.79. The number of rotatable bonds is 6. The second kappa shape index (κ2) is 10.2. The number of hydrogen-bond acceptors (Lipinski definition) is 5. The number of amides is 1. The Kier molecular flexibility index (Phi) is 7.49. The van der Waals surface area contributed by atoms with Gasteiger partial charge in [-0.3, -0.25) is 4.79 Å². The molecule has 1 N–H and O–H groups in total. The number of likely N-dealkylation sites (N-methyl/N-ethyl adjacent to an activating group) is 1. The first kappa shape index (κ1) is 25.6. The van der Waals surface area contributed by atoms with E-state index in [2.05, 4.69) is 0 Å². The molecule has 0 saturated heterocycles. The number of aliphatic hydroxyl groups is 1. The van der Waals surface area contributed by atoms with Crippen LogP contribution < -0.4 is 4.74 Å². The molecule has 0 unspecified atom stereocenters. The van der Waals surface area contributed by atoms with E-state index < -0.39 is 22.2 Å². The highest BCUT2D eigenvalue weighted by Crippen LogP contribution is 2.37. The van der Waals surface area contributed by atoms with Crippen LogP contribution in [0.25, 0.3) is 11.1 Å². The van der Waals surface area contributed by atoms with E-state index in [0.717, 1.165) is 24.8 Å². The molecule has 1 fully saturated rings. The standard InChI is InChI=1S/C26H33FN2O5S/c1-17-14-29(18(2)16-30)35(32,33)25-12-9-21(19-7-10-22(27)11-8-19)13-23(25)34-24(17)15-28(3)26(31)20-5-4-6-20/h7-13,17-18,20,24,30H,4-6,14-16H2,1-3H3/t17-,18-,24+/m1/s1. The van der Waals surface area contributed by atoms with Crippen LogP contribution in [-0.4, -0.2) is 67.5 Å². The molecule has 1 aliphatic carbocycles. The van der Waals surface area contributed by atoms with Crippen molar-refractivity contribution in [1.82, 2.24) is 9.21 Å². The maximum Gasteiger partial charge on any atom is 0.247 e. The van der Waals surface area contributed by atoms with Crippen molar-refractivity contribution in [2.75, 3.05) is 26.7 Å². The van der Waals surface area contributed by atoms with Crippen LogP contribution >= 0.6 is 0 Å². The Balaban J connectivity index is 1.74. The fraction of sp³-hybridized carbons (Fsp3) is 0.500. The van der Waals surface area contributed by atoms with Gasteiger partial charge in [-0.15, -0.1) is 0 Å². The smallest absolute Gasteiger partial charge is 0.247 e. The van der Waals surface area contributed by atoms with Gasteiger partial charge in [-0.25, -0.2) is 12.8 Å². The van der Waals surface area contributed by atoms with Gasteiger partial charge in [0.15, 0.2) is 0 Å². The number of sulfonamides is 1. The van der Waals surface area contributed by atoms with E-state index in [0.29, 0.717) is 12.1 Å². The zero-order valence-electron chi connectivity index (χ0n) is 20.4. The van der Waals surface area contributed by atoms with Gasteiger partial charge in [-0.2, -0.15) is 4.31 Å². The lowest BCUT2D eigenvalue weighted by Crippen LogP contribution is -2.50. The number of benzene rings is 2. The zero-order chi connectivity index (χ0) is 25.3. The average Bonchev–Trinajstić information content (AvgIpc) is 2.79. The van der Waals surface area contributed by atoms with E-state index in [1.54, 1.807) is 43.1 Å². The predicted octanol–water partition coefficient (Wildman–Crippen LogP) is 3.52. The molecule has 2 aromatic carbocycles. The van der Waals surface area contributed by atoms with Gasteiger partial charge in [0, 0.05) is 31.5 Å². The molecule has 7 nitrogen and oxygen atoms in total. The lowest BCUT2D eigenvalue weighted by Gasteiger charge is -2.38. The van der Waals surface area contributed by atoms with E-state index in [-0.39, 0.29) is 47.4 Å². The summed E-state index contributed by atoms with van der Waals surface area (Å²) in [6.45, 7) is 3.71. The number of carbonyl (C=O) groups is 1. The number of halogens is 1. The summed E-state index contributed by atoms with van der Waals surface area (Å²) in [6.07, 6.45) is 2.39. The molecular weight excluding hydrogens is 471 g/mol. The highest BCUT2D eigenvalue weighted by Gasteiger charge is 2.39. The summed E-state index contributed by atoms with van der Waals surface area (Å²) in [4.78, 5) is 14.5. The number of hydrogen-bond donors (Lipinski definition) is 1. The molecule has 0 radical (unpaired) electrons. The van der Waals surface area contributed by atoms with Gasteiger partial charge < -0.3 is 14.7 Å². The van der Waals surface area contributed by atoms with Crippen molar-refractivity contribution in [2.24, 2.45) is 11.8 Å². The third kappa shape index (κ3) is 5.22. The molecular formula is C26H33FN2O5S. The van der Waals surface area contributed by atoms with Crippen LogP contribution in [0.1, 0.15) is 33.1 Å². The lowest BCUT2D eigenvalue weighted by atomic mass is 9.84. The molecule has 1 heterocycles. The van der Waals surface area contributed by atoms with Crippen molar-refractivity contribution < 1.29 is 27.4 Å². The Bertz CT molecular complexity index is 1170. The Morgan fingerprint density at radius 1 is 1.20 bits per heavy atom. The highest BCUT2D eigenvalue weighted by atomic mass is 32.2. The minimum absolute atomic E-state index is 0.00790. The largest absolute Gasteiger partial charge is 0.487 e. The minimum atomic E-state index is -3.96. The molecule has 0 aromatic heterocycles. The maximum absolute atomic E-state index is 13.6. The highest BCUT2D eigenvalue weighted by molar-refractivity contribution is 7.89. The molecule has 1 saturated carbocycles. The van der Waals surface area contributed by atoms with Crippen molar-refractivity contribution in [3.05, 3.63) is 48.3 Å². The molecule has 1 amide bonds. The number of ether oxygens (including phenoxy) is 1. The Morgan fingerprint density at radius 3 is 2.46 bits per heavy atom. The second-order valence-corrected chi connectivity index (χ2v) is 11.6. The minimum Gasteiger partial charge on any atom is -0.487 e. The topological polar surface area (TPSA) is 87.2 Å². The summed E-state index contributed by atoms with van der Waals surface area (Å²) in [6, 6.07) is 10.1. The zero-order valence-corrected chi connectivity index (χ0v) is 21.2. The van der Waals surface area contributed by atoms with Crippen molar-refractivity contribution in [3.63, 3.8) is 0 Å². The van der Waals surface area contributed by atoms with E-state index >= 15 is 0 Å². The second-order valence-electron chi connectivity index (χ2n) is 9.75. The maximum atomic E-state index is 13.6. The van der Waals surface area contributed by atoms with Crippen molar-refractivity contribution in [3.8, 4) is 16.9 Å². The van der Waals surface area contributed by atoms with Gasteiger partial charge in [-0.1, -0.05) is 31.5 Å². The average molecular weight is 505 g/mol. The van der Waals surface area contributed by atoms with Gasteiger partial charge >= 0.3 is 0 Å². The molecule has 3 atom stereocenters. The fourth-order valence-electron chi connectivity index (χ4n) is 4.59. The Hall–Kier alpha value is -2.49. The Labute approximate surface area is 206 Å². The SMILES string of the molecule is C[C@@H]1CN([C@H](C)CO)S(=O)(=O)c2ccc(-c3ccc(F)cc3)cc2O[C@H]1CN(C)C(=O)C1CCC1. The molecule has 2 aromatic rings. The molecule has 2 aliphatic rings. The van der Waals surface area contributed by atoms with Crippen LogP contribution in [0, 0.1) is 17.7 Å². The molecule has 35 heavy (non-hydrogen) atoms.